The van der Waals surface area contributed by atoms with Crippen LogP contribution in [0.5, 0.6) is 5.75 Å². The van der Waals surface area contributed by atoms with E-state index < -0.39 is 5.60 Å². The molecule has 3 heterocycles. The number of hydrogen-bond donors (Lipinski definition) is 1. The predicted molar refractivity (Wildman–Crippen MR) is 133 cm³/mol. The third-order valence-electron chi connectivity index (χ3n) is 5.27. The van der Waals surface area contributed by atoms with E-state index in [1.807, 2.05) is 38.1 Å². The van der Waals surface area contributed by atoms with E-state index in [0.717, 1.165) is 28.1 Å². The highest BCUT2D eigenvalue weighted by molar-refractivity contribution is 6.42. The van der Waals surface area contributed by atoms with Crippen LogP contribution in [0.3, 0.4) is 0 Å². The summed E-state index contributed by atoms with van der Waals surface area (Å²) in [6, 6.07) is 11.1. The lowest BCUT2D eigenvalue weighted by Crippen LogP contribution is -2.29. The SMILES string of the molecule is CC1(C)Oc2cc(C#Cc3ccc(Cl)c(Cl)c3)ccc2-c2nc(-c3c(Cl)cncc3Cl)[nH]c21. The van der Waals surface area contributed by atoms with Gasteiger partial charge in [0.1, 0.15) is 17.2 Å². The van der Waals surface area contributed by atoms with Crippen molar-refractivity contribution in [2.45, 2.75) is 19.4 Å². The van der Waals surface area contributed by atoms with E-state index in [2.05, 4.69) is 21.8 Å². The van der Waals surface area contributed by atoms with Gasteiger partial charge in [-0.1, -0.05) is 58.2 Å². The molecular formula is C25H15Cl4N3O. The van der Waals surface area contributed by atoms with Crippen LogP contribution in [-0.4, -0.2) is 15.0 Å². The van der Waals surface area contributed by atoms with Crippen LogP contribution in [0, 0.1) is 11.8 Å². The minimum absolute atomic E-state index is 0.417. The highest BCUT2D eigenvalue weighted by Gasteiger charge is 2.36. The normalized spacial score (nSPS) is 13.4. The maximum Gasteiger partial charge on any atom is 0.145 e. The van der Waals surface area contributed by atoms with Crippen molar-refractivity contribution in [1.29, 1.82) is 0 Å². The van der Waals surface area contributed by atoms with Crippen LogP contribution in [0.15, 0.2) is 48.8 Å². The number of H-pyrrole nitrogens is 1. The molecule has 0 spiro atoms. The van der Waals surface area contributed by atoms with Gasteiger partial charge in [-0.05, 0) is 50.2 Å². The molecule has 0 bridgehead atoms. The highest BCUT2D eigenvalue weighted by Crippen LogP contribution is 2.46. The van der Waals surface area contributed by atoms with Gasteiger partial charge in [-0.15, -0.1) is 0 Å². The van der Waals surface area contributed by atoms with Crippen LogP contribution in [0.4, 0.5) is 0 Å². The summed E-state index contributed by atoms with van der Waals surface area (Å²) in [4.78, 5) is 12.2. The number of rotatable bonds is 1. The zero-order valence-electron chi connectivity index (χ0n) is 17.4. The number of aromatic nitrogens is 3. The van der Waals surface area contributed by atoms with Gasteiger partial charge in [0.05, 0.1) is 37.0 Å². The van der Waals surface area contributed by atoms with Gasteiger partial charge in [0.15, 0.2) is 0 Å². The lowest BCUT2D eigenvalue weighted by molar-refractivity contribution is 0.101. The van der Waals surface area contributed by atoms with Gasteiger partial charge in [-0.3, -0.25) is 4.98 Å². The zero-order valence-corrected chi connectivity index (χ0v) is 20.5. The van der Waals surface area contributed by atoms with Crippen LogP contribution in [0.1, 0.15) is 30.7 Å². The predicted octanol–water partition coefficient (Wildman–Crippen LogP) is 7.78. The Morgan fingerprint density at radius 2 is 1.52 bits per heavy atom. The first-order valence-electron chi connectivity index (χ1n) is 9.93. The number of nitrogens with one attached hydrogen (secondary N) is 1. The molecule has 0 unspecified atom stereocenters. The third kappa shape index (κ3) is 4.07. The topological polar surface area (TPSA) is 50.8 Å². The molecule has 5 rings (SSSR count). The number of hydrogen-bond acceptors (Lipinski definition) is 3. The summed E-state index contributed by atoms with van der Waals surface area (Å²) < 4.78 is 6.33. The summed E-state index contributed by atoms with van der Waals surface area (Å²) in [5, 5.41) is 1.80. The minimum Gasteiger partial charge on any atom is -0.481 e. The smallest absolute Gasteiger partial charge is 0.145 e. The molecule has 0 atom stereocenters. The van der Waals surface area contributed by atoms with Gasteiger partial charge >= 0.3 is 0 Å². The fourth-order valence-electron chi connectivity index (χ4n) is 3.68. The maximum absolute atomic E-state index is 6.35. The van der Waals surface area contributed by atoms with Crippen molar-refractivity contribution in [1.82, 2.24) is 15.0 Å². The molecule has 0 aliphatic carbocycles. The van der Waals surface area contributed by atoms with Crippen molar-refractivity contribution >= 4 is 46.4 Å². The van der Waals surface area contributed by atoms with E-state index in [1.54, 1.807) is 24.5 Å². The van der Waals surface area contributed by atoms with Crippen molar-refractivity contribution < 1.29 is 4.74 Å². The maximum atomic E-state index is 6.35. The summed E-state index contributed by atoms with van der Waals surface area (Å²) in [5.74, 6) is 7.51. The number of halogens is 4. The molecule has 0 fully saturated rings. The minimum atomic E-state index is -0.657. The Balaban J connectivity index is 1.57. The molecule has 0 saturated carbocycles. The van der Waals surface area contributed by atoms with Crippen molar-refractivity contribution in [3.05, 3.63) is 85.7 Å². The molecule has 1 aliphatic heterocycles. The van der Waals surface area contributed by atoms with Crippen LogP contribution in [0.25, 0.3) is 22.6 Å². The Kier molecular flexibility index (Phi) is 5.55. The average molecular weight is 515 g/mol. The standard InChI is InChI=1S/C25H15Cl4N3O/c1-25(2)23-22(31-24(32-23)21-18(28)11-30-12-19(21)29)15-7-5-14(10-20(15)33-25)4-3-13-6-8-16(26)17(27)9-13/h5-12H,1-2H3,(H,31,32). The number of pyridine rings is 1. The quantitative estimate of drug-likeness (QED) is 0.264. The fraction of sp³-hybridized carbons (Fsp3) is 0.120. The summed E-state index contributed by atoms with van der Waals surface area (Å²) in [6.07, 6.45) is 3.08. The summed E-state index contributed by atoms with van der Waals surface area (Å²) >= 11 is 24.8. The van der Waals surface area contributed by atoms with Crippen molar-refractivity contribution in [3.63, 3.8) is 0 Å². The fourth-order valence-corrected chi connectivity index (χ4v) is 4.53. The Morgan fingerprint density at radius 1 is 0.848 bits per heavy atom. The molecule has 0 saturated heterocycles. The molecule has 1 aliphatic rings. The average Bonchev–Trinajstić information content (AvgIpc) is 3.20. The van der Waals surface area contributed by atoms with E-state index in [1.165, 1.54) is 0 Å². The monoisotopic (exact) mass is 513 g/mol. The Hall–Kier alpha value is -2.68. The van der Waals surface area contributed by atoms with E-state index in [9.17, 15) is 0 Å². The molecule has 164 valence electrons. The number of ether oxygens (including phenoxy) is 1. The van der Waals surface area contributed by atoms with Gasteiger partial charge in [-0.25, -0.2) is 4.98 Å². The molecule has 4 aromatic rings. The molecule has 0 radical (unpaired) electrons. The van der Waals surface area contributed by atoms with E-state index >= 15 is 0 Å². The molecule has 8 heteroatoms. The molecule has 2 aromatic heterocycles. The highest BCUT2D eigenvalue weighted by atomic mass is 35.5. The Labute approximate surface area is 210 Å². The van der Waals surface area contributed by atoms with Gasteiger partial charge in [-0.2, -0.15) is 0 Å². The van der Waals surface area contributed by atoms with Crippen molar-refractivity contribution in [2.75, 3.05) is 0 Å². The third-order valence-corrected chi connectivity index (χ3v) is 6.58. The zero-order chi connectivity index (χ0) is 23.3. The largest absolute Gasteiger partial charge is 0.481 e. The molecule has 2 aromatic carbocycles. The summed E-state index contributed by atoms with van der Waals surface area (Å²) in [7, 11) is 0. The first kappa shape index (κ1) is 22.1. The Bertz CT molecular complexity index is 1460. The van der Waals surface area contributed by atoms with Gasteiger partial charge in [0, 0.05) is 29.1 Å². The van der Waals surface area contributed by atoms with Gasteiger partial charge in [0.25, 0.3) is 0 Å². The van der Waals surface area contributed by atoms with E-state index in [0.29, 0.717) is 37.2 Å². The summed E-state index contributed by atoms with van der Waals surface area (Å²) in [6.45, 7) is 3.95. The lowest BCUT2D eigenvalue weighted by Gasteiger charge is -2.31. The lowest BCUT2D eigenvalue weighted by atomic mass is 9.94. The van der Waals surface area contributed by atoms with E-state index in [4.69, 9.17) is 56.1 Å². The molecule has 0 amide bonds. The number of imidazole rings is 1. The molecular weight excluding hydrogens is 500 g/mol. The Morgan fingerprint density at radius 3 is 2.21 bits per heavy atom. The first-order valence-corrected chi connectivity index (χ1v) is 11.4. The van der Waals surface area contributed by atoms with Crippen molar-refractivity contribution in [3.8, 4) is 40.2 Å². The first-order chi connectivity index (χ1) is 15.7. The number of nitrogens with zero attached hydrogens (tertiary/aromatic N) is 2. The molecule has 4 nitrogen and oxygen atoms in total. The number of aromatic amines is 1. The molecule has 1 N–H and O–H groups in total. The van der Waals surface area contributed by atoms with Crippen LogP contribution < -0.4 is 4.74 Å². The summed E-state index contributed by atoms with van der Waals surface area (Å²) in [5.41, 5.74) is 3.99. The number of fused-ring (bicyclic) bond motifs is 3. The van der Waals surface area contributed by atoms with E-state index in [-0.39, 0.29) is 0 Å². The van der Waals surface area contributed by atoms with Crippen LogP contribution in [0.2, 0.25) is 20.1 Å². The van der Waals surface area contributed by atoms with Gasteiger partial charge < -0.3 is 9.72 Å². The second kappa shape index (κ2) is 8.27. The van der Waals surface area contributed by atoms with Gasteiger partial charge in [0.2, 0.25) is 0 Å². The van der Waals surface area contributed by atoms with Crippen LogP contribution >= 0.6 is 46.4 Å². The second-order valence-corrected chi connectivity index (χ2v) is 9.62. The van der Waals surface area contributed by atoms with Crippen LogP contribution in [-0.2, 0) is 5.60 Å². The molecule has 33 heavy (non-hydrogen) atoms. The number of benzene rings is 2. The second-order valence-electron chi connectivity index (χ2n) is 7.99. The van der Waals surface area contributed by atoms with Crippen molar-refractivity contribution in [2.24, 2.45) is 0 Å².